The summed E-state index contributed by atoms with van der Waals surface area (Å²) in [6, 6.07) is 3.35. The molecule has 0 saturated heterocycles. The number of nitrogens with zero attached hydrogens (tertiary/aromatic N) is 1. The molecular formula is C10H13NO2. The number of ketones is 1. The molecule has 0 aromatic carbocycles. The summed E-state index contributed by atoms with van der Waals surface area (Å²) in [5.41, 5.74) is 0.475. The van der Waals surface area contributed by atoms with Gasteiger partial charge in [-0.1, -0.05) is 13.3 Å². The third-order valence-electron chi connectivity index (χ3n) is 1.81. The van der Waals surface area contributed by atoms with Crippen LogP contribution in [0.4, 0.5) is 0 Å². The Bertz CT molecular complexity index is 272. The molecule has 1 unspecified atom stereocenters. The summed E-state index contributed by atoms with van der Waals surface area (Å²) >= 11 is 0. The van der Waals surface area contributed by atoms with Crippen LogP contribution in [0, 0.1) is 0 Å². The van der Waals surface area contributed by atoms with E-state index in [1.54, 1.807) is 18.3 Å². The van der Waals surface area contributed by atoms with Gasteiger partial charge in [0, 0.05) is 18.0 Å². The summed E-state index contributed by atoms with van der Waals surface area (Å²) < 4.78 is 0. The van der Waals surface area contributed by atoms with Gasteiger partial charge in [-0.05, 0) is 18.6 Å². The molecule has 1 atom stereocenters. The number of aliphatic hydroxyl groups excluding tert-OH is 1. The Labute approximate surface area is 77.4 Å². The number of Topliss-reactive ketones (excluding diaryl/α,β-unsaturated/α-hetero) is 1. The second-order valence-corrected chi connectivity index (χ2v) is 2.91. The molecule has 1 heterocycles. The van der Waals surface area contributed by atoms with Gasteiger partial charge >= 0.3 is 0 Å². The van der Waals surface area contributed by atoms with Gasteiger partial charge in [-0.25, -0.2) is 0 Å². The molecule has 0 saturated carbocycles. The first kappa shape index (κ1) is 9.86. The molecule has 0 spiro atoms. The average Bonchev–Trinajstić information content (AvgIpc) is 2.18. The van der Waals surface area contributed by atoms with Crippen molar-refractivity contribution in [1.29, 1.82) is 0 Å². The molecular weight excluding hydrogens is 166 g/mol. The topological polar surface area (TPSA) is 50.2 Å². The van der Waals surface area contributed by atoms with E-state index in [2.05, 4.69) is 4.98 Å². The Morgan fingerprint density at radius 2 is 2.46 bits per heavy atom. The fourth-order valence-electron chi connectivity index (χ4n) is 1.11. The monoisotopic (exact) mass is 179 g/mol. The lowest BCUT2D eigenvalue weighted by Crippen LogP contribution is -2.20. The number of aromatic nitrogens is 1. The molecule has 13 heavy (non-hydrogen) atoms. The fourth-order valence-corrected chi connectivity index (χ4v) is 1.11. The zero-order valence-electron chi connectivity index (χ0n) is 7.60. The van der Waals surface area contributed by atoms with E-state index in [1.165, 1.54) is 6.20 Å². The van der Waals surface area contributed by atoms with E-state index in [0.29, 0.717) is 12.0 Å². The molecule has 70 valence electrons. The van der Waals surface area contributed by atoms with Gasteiger partial charge in [-0.15, -0.1) is 0 Å². The first-order valence-corrected chi connectivity index (χ1v) is 4.38. The minimum absolute atomic E-state index is 0.241. The summed E-state index contributed by atoms with van der Waals surface area (Å²) in [5, 5.41) is 9.39. The third kappa shape index (κ3) is 2.63. The highest BCUT2D eigenvalue weighted by Gasteiger charge is 2.15. The van der Waals surface area contributed by atoms with Crippen LogP contribution in [0.2, 0.25) is 0 Å². The molecule has 0 radical (unpaired) electrons. The number of carbonyl (C=O) groups excluding carboxylic acids is 1. The van der Waals surface area contributed by atoms with E-state index in [1.807, 2.05) is 6.92 Å². The van der Waals surface area contributed by atoms with Crippen molar-refractivity contribution in [2.75, 3.05) is 0 Å². The molecule has 0 aliphatic heterocycles. The van der Waals surface area contributed by atoms with E-state index < -0.39 is 6.10 Å². The molecule has 1 rings (SSSR count). The first-order valence-electron chi connectivity index (χ1n) is 4.38. The highest BCUT2D eigenvalue weighted by Crippen LogP contribution is 2.05. The van der Waals surface area contributed by atoms with Crippen LogP contribution in [0.25, 0.3) is 0 Å². The largest absolute Gasteiger partial charge is 0.385 e. The summed E-state index contributed by atoms with van der Waals surface area (Å²) in [7, 11) is 0. The molecule has 0 bridgehead atoms. The van der Waals surface area contributed by atoms with Crippen molar-refractivity contribution in [3.05, 3.63) is 30.1 Å². The zero-order chi connectivity index (χ0) is 9.68. The molecule has 0 fully saturated rings. The van der Waals surface area contributed by atoms with Gasteiger partial charge in [0.15, 0.2) is 5.78 Å². The zero-order valence-corrected chi connectivity index (χ0v) is 7.60. The molecule has 0 amide bonds. The number of aliphatic hydroxyl groups is 1. The average molecular weight is 179 g/mol. The maximum atomic E-state index is 11.4. The predicted octanol–water partition coefficient (Wildman–Crippen LogP) is 1.43. The van der Waals surface area contributed by atoms with Crippen LogP contribution in [-0.4, -0.2) is 22.0 Å². The van der Waals surface area contributed by atoms with E-state index in [-0.39, 0.29) is 5.78 Å². The maximum Gasteiger partial charge on any atom is 0.192 e. The summed E-state index contributed by atoms with van der Waals surface area (Å²) in [6.07, 6.45) is 3.50. The fraction of sp³-hybridized carbons (Fsp3) is 0.400. The van der Waals surface area contributed by atoms with Gasteiger partial charge in [-0.3, -0.25) is 9.78 Å². The van der Waals surface area contributed by atoms with Crippen molar-refractivity contribution < 1.29 is 9.90 Å². The quantitative estimate of drug-likeness (QED) is 0.711. The van der Waals surface area contributed by atoms with Crippen molar-refractivity contribution in [2.24, 2.45) is 0 Å². The Hall–Kier alpha value is -1.22. The van der Waals surface area contributed by atoms with Crippen LogP contribution in [-0.2, 0) is 0 Å². The molecule has 0 aliphatic rings. The number of hydrogen-bond donors (Lipinski definition) is 1. The highest BCUT2D eigenvalue weighted by atomic mass is 16.3. The van der Waals surface area contributed by atoms with Crippen LogP contribution in [0.1, 0.15) is 30.1 Å². The molecule has 3 heteroatoms. The third-order valence-corrected chi connectivity index (χ3v) is 1.81. The van der Waals surface area contributed by atoms with Crippen LogP contribution >= 0.6 is 0 Å². The van der Waals surface area contributed by atoms with Crippen LogP contribution in [0.5, 0.6) is 0 Å². The summed E-state index contributed by atoms with van der Waals surface area (Å²) in [6.45, 7) is 1.93. The van der Waals surface area contributed by atoms with E-state index in [0.717, 1.165) is 6.42 Å². The second-order valence-electron chi connectivity index (χ2n) is 2.91. The minimum atomic E-state index is -0.880. The van der Waals surface area contributed by atoms with Gasteiger partial charge in [0.05, 0.1) is 0 Å². The maximum absolute atomic E-state index is 11.4. The Balaban J connectivity index is 2.68. The van der Waals surface area contributed by atoms with Crippen LogP contribution in [0.15, 0.2) is 24.5 Å². The smallest absolute Gasteiger partial charge is 0.192 e. The molecule has 1 aromatic rings. The van der Waals surface area contributed by atoms with Crippen LogP contribution in [0.3, 0.4) is 0 Å². The van der Waals surface area contributed by atoms with Crippen molar-refractivity contribution in [1.82, 2.24) is 4.98 Å². The lowest BCUT2D eigenvalue weighted by molar-refractivity contribution is 0.0729. The van der Waals surface area contributed by atoms with Gasteiger partial charge in [0.25, 0.3) is 0 Å². The SMILES string of the molecule is CCCC(O)C(=O)c1cccnc1. The van der Waals surface area contributed by atoms with Crippen molar-refractivity contribution in [3.63, 3.8) is 0 Å². The lowest BCUT2D eigenvalue weighted by atomic mass is 10.1. The lowest BCUT2D eigenvalue weighted by Gasteiger charge is -2.06. The Kier molecular flexibility index (Phi) is 3.58. The van der Waals surface area contributed by atoms with Crippen LogP contribution < -0.4 is 0 Å². The number of carbonyl (C=O) groups is 1. The molecule has 0 aliphatic carbocycles. The number of pyridine rings is 1. The molecule has 1 aromatic heterocycles. The van der Waals surface area contributed by atoms with Gasteiger partial charge in [0.2, 0.25) is 0 Å². The van der Waals surface area contributed by atoms with E-state index in [4.69, 9.17) is 0 Å². The standard InChI is InChI=1S/C10H13NO2/c1-2-4-9(12)10(13)8-5-3-6-11-7-8/h3,5-7,9,12H,2,4H2,1H3. The Morgan fingerprint density at radius 3 is 3.00 bits per heavy atom. The molecule has 3 nitrogen and oxygen atoms in total. The predicted molar refractivity (Wildman–Crippen MR) is 49.5 cm³/mol. The van der Waals surface area contributed by atoms with Crippen molar-refractivity contribution in [2.45, 2.75) is 25.9 Å². The van der Waals surface area contributed by atoms with E-state index in [9.17, 15) is 9.90 Å². The van der Waals surface area contributed by atoms with Gasteiger partial charge in [-0.2, -0.15) is 0 Å². The first-order chi connectivity index (χ1) is 6.25. The van der Waals surface area contributed by atoms with Gasteiger partial charge in [0.1, 0.15) is 6.10 Å². The van der Waals surface area contributed by atoms with Crippen molar-refractivity contribution in [3.8, 4) is 0 Å². The highest BCUT2D eigenvalue weighted by molar-refractivity contribution is 5.98. The molecule has 1 N–H and O–H groups in total. The Morgan fingerprint density at radius 1 is 1.69 bits per heavy atom. The summed E-state index contributed by atoms with van der Waals surface area (Å²) in [5.74, 6) is -0.241. The van der Waals surface area contributed by atoms with Crippen molar-refractivity contribution >= 4 is 5.78 Å². The number of rotatable bonds is 4. The van der Waals surface area contributed by atoms with Gasteiger partial charge < -0.3 is 5.11 Å². The number of hydrogen-bond acceptors (Lipinski definition) is 3. The summed E-state index contributed by atoms with van der Waals surface area (Å²) in [4.78, 5) is 15.3. The van der Waals surface area contributed by atoms with E-state index >= 15 is 0 Å². The minimum Gasteiger partial charge on any atom is -0.385 e. The second kappa shape index (κ2) is 4.72. The normalized spacial score (nSPS) is 12.5.